The minimum Gasteiger partial charge on any atom is -0.309 e. The van der Waals surface area contributed by atoms with Crippen LogP contribution in [-0.4, -0.2) is 21.0 Å². The molecule has 7 heteroatoms. The van der Waals surface area contributed by atoms with Crippen LogP contribution in [0.4, 0.5) is 13.2 Å². The van der Waals surface area contributed by atoms with Gasteiger partial charge in [-0.15, -0.1) is 0 Å². The van der Waals surface area contributed by atoms with E-state index in [1.54, 1.807) is 30.7 Å². The Morgan fingerprint density at radius 1 is 1.04 bits per heavy atom. The summed E-state index contributed by atoms with van der Waals surface area (Å²) in [6.07, 6.45) is 3.48. The van der Waals surface area contributed by atoms with Gasteiger partial charge in [-0.1, -0.05) is 18.2 Å². The Labute approximate surface area is 154 Å². The highest BCUT2D eigenvalue weighted by Gasteiger charge is 2.38. The molecule has 4 nitrogen and oxygen atoms in total. The summed E-state index contributed by atoms with van der Waals surface area (Å²) in [5, 5.41) is 3.46. The van der Waals surface area contributed by atoms with E-state index in [-0.39, 0.29) is 0 Å². The zero-order chi connectivity index (χ0) is 18.9. The highest BCUT2D eigenvalue weighted by atomic mass is 19.4. The van der Waals surface area contributed by atoms with Gasteiger partial charge in [0.2, 0.25) is 0 Å². The van der Waals surface area contributed by atoms with Crippen molar-refractivity contribution < 1.29 is 13.2 Å². The van der Waals surface area contributed by atoms with Gasteiger partial charge in [0.05, 0.1) is 11.3 Å². The van der Waals surface area contributed by atoms with Crippen LogP contribution in [0.1, 0.15) is 29.0 Å². The lowest BCUT2D eigenvalue weighted by Gasteiger charge is -2.09. The van der Waals surface area contributed by atoms with Gasteiger partial charge in [0.25, 0.3) is 0 Å². The number of aromatic nitrogens is 3. The van der Waals surface area contributed by atoms with Gasteiger partial charge in [-0.25, -0.2) is 9.97 Å². The fourth-order valence-corrected chi connectivity index (χ4v) is 3.11. The number of nitrogens with zero attached hydrogens (tertiary/aromatic N) is 3. The Balaban J connectivity index is 1.40. The second-order valence-corrected chi connectivity index (χ2v) is 6.63. The van der Waals surface area contributed by atoms with Gasteiger partial charge in [-0.3, -0.25) is 4.98 Å². The van der Waals surface area contributed by atoms with E-state index in [0.717, 1.165) is 29.7 Å². The quantitative estimate of drug-likeness (QED) is 0.731. The van der Waals surface area contributed by atoms with Crippen LogP contribution in [-0.2, 0) is 12.7 Å². The third-order valence-corrected chi connectivity index (χ3v) is 4.67. The third kappa shape index (κ3) is 4.14. The largest absolute Gasteiger partial charge is 0.416 e. The number of hydrogen-bond acceptors (Lipinski definition) is 4. The van der Waals surface area contributed by atoms with E-state index in [2.05, 4.69) is 20.3 Å². The highest BCUT2D eigenvalue weighted by Crippen LogP contribution is 2.41. The molecule has 1 aliphatic carbocycles. The fraction of sp³-hybridized carbons (Fsp3) is 0.250. The molecule has 0 bridgehead atoms. The van der Waals surface area contributed by atoms with Crippen LogP contribution in [0, 0.1) is 0 Å². The SMILES string of the molecule is FC(F)(F)c1cccc(-c2ccc(C3CC3NCc3cncnc3)cn2)c1. The average Bonchev–Trinajstić information content (AvgIpc) is 3.47. The zero-order valence-electron chi connectivity index (χ0n) is 14.3. The normalized spacial score (nSPS) is 19.1. The molecule has 3 aromatic rings. The number of nitrogens with one attached hydrogen (secondary N) is 1. The lowest BCUT2D eigenvalue weighted by Crippen LogP contribution is -2.17. The zero-order valence-corrected chi connectivity index (χ0v) is 14.3. The molecule has 138 valence electrons. The van der Waals surface area contributed by atoms with E-state index in [1.807, 2.05) is 6.07 Å². The third-order valence-electron chi connectivity index (χ3n) is 4.67. The molecule has 0 aliphatic heterocycles. The van der Waals surface area contributed by atoms with E-state index in [1.165, 1.54) is 12.4 Å². The maximum absolute atomic E-state index is 12.9. The second kappa shape index (κ2) is 7.08. The molecule has 1 saturated carbocycles. The van der Waals surface area contributed by atoms with Crippen LogP contribution in [0.15, 0.2) is 61.3 Å². The summed E-state index contributed by atoms with van der Waals surface area (Å²) in [7, 11) is 0. The topological polar surface area (TPSA) is 50.7 Å². The minimum atomic E-state index is -4.35. The molecule has 0 radical (unpaired) electrons. The molecule has 2 aromatic heterocycles. The van der Waals surface area contributed by atoms with Crippen molar-refractivity contribution in [1.82, 2.24) is 20.3 Å². The van der Waals surface area contributed by atoms with Gasteiger partial charge >= 0.3 is 6.18 Å². The molecule has 0 spiro atoms. The number of alkyl halides is 3. The lowest BCUT2D eigenvalue weighted by atomic mass is 10.1. The van der Waals surface area contributed by atoms with Gasteiger partial charge < -0.3 is 5.32 Å². The summed E-state index contributed by atoms with van der Waals surface area (Å²) in [6.45, 7) is 0.706. The number of pyridine rings is 1. The molecule has 1 fully saturated rings. The van der Waals surface area contributed by atoms with E-state index in [4.69, 9.17) is 0 Å². The molecular formula is C20H17F3N4. The van der Waals surface area contributed by atoms with Crippen molar-refractivity contribution in [3.63, 3.8) is 0 Å². The monoisotopic (exact) mass is 370 g/mol. The first-order valence-electron chi connectivity index (χ1n) is 8.61. The van der Waals surface area contributed by atoms with E-state index >= 15 is 0 Å². The molecule has 0 amide bonds. The van der Waals surface area contributed by atoms with Gasteiger partial charge in [0, 0.05) is 48.2 Å². The van der Waals surface area contributed by atoms with Crippen LogP contribution in [0.3, 0.4) is 0 Å². The lowest BCUT2D eigenvalue weighted by molar-refractivity contribution is -0.137. The molecule has 1 aromatic carbocycles. The first-order chi connectivity index (χ1) is 13.0. The fourth-order valence-electron chi connectivity index (χ4n) is 3.11. The van der Waals surface area contributed by atoms with Crippen molar-refractivity contribution in [2.75, 3.05) is 0 Å². The van der Waals surface area contributed by atoms with Gasteiger partial charge in [-0.2, -0.15) is 13.2 Å². The van der Waals surface area contributed by atoms with Gasteiger partial charge in [-0.05, 0) is 30.2 Å². The van der Waals surface area contributed by atoms with Crippen LogP contribution >= 0.6 is 0 Å². The smallest absolute Gasteiger partial charge is 0.309 e. The van der Waals surface area contributed by atoms with Crippen LogP contribution in [0.25, 0.3) is 11.3 Å². The average molecular weight is 370 g/mol. The van der Waals surface area contributed by atoms with Crippen molar-refractivity contribution >= 4 is 0 Å². The van der Waals surface area contributed by atoms with Crippen molar-refractivity contribution in [2.45, 2.75) is 31.1 Å². The summed E-state index contributed by atoms with van der Waals surface area (Å²) in [5.74, 6) is 0.373. The molecule has 2 heterocycles. The maximum atomic E-state index is 12.9. The van der Waals surface area contributed by atoms with Crippen molar-refractivity contribution in [3.05, 3.63) is 78.0 Å². The Kier molecular flexibility index (Phi) is 4.61. The number of halogens is 3. The Morgan fingerprint density at radius 3 is 2.56 bits per heavy atom. The molecule has 1 aliphatic rings. The van der Waals surface area contributed by atoms with Gasteiger partial charge in [0.15, 0.2) is 0 Å². The van der Waals surface area contributed by atoms with Gasteiger partial charge in [0.1, 0.15) is 6.33 Å². The van der Waals surface area contributed by atoms with Crippen LogP contribution in [0.5, 0.6) is 0 Å². The molecule has 0 saturated heterocycles. The molecule has 2 atom stereocenters. The molecule has 2 unspecified atom stereocenters. The molecule has 4 rings (SSSR count). The Morgan fingerprint density at radius 2 is 1.85 bits per heavy atom. The summed E-state index contributed by atoms with van der Waals surface area (Å²) < 4.78 is 38.6. The van der Waals surface area contributed by atoms with E-state index in [9.17, 15) is 13.2 Å². The highest BCUT2D eigenvalue weighted by molar-refractivity contribution is 5.60. The molecular weight excluding hydrogens is 353 g/mol. The number of rotatable bonds is 5. The van der Waals surface area contributed by atoms with Crippen LogP contribution < -0.4 is 5.32 Å². The maximum Gasteiger partial charge on any atom is 0.416 e. The number of benzene rings is 1. The van der Waals surface area contributed by atoms with Crippen molar-refractivity contribution in [1.29, 1.82) is 0 Å². The summed E-state index contributed by atoms with van der Waals surface area (Å²) in [4.78, 5) is 12.3. The first-order valence-corrected chi connectivity index (χ1v) is 8.61. The van der Waals surface area contributed by atoms with E-state index in [0.29, 0.717) is 29.8 Å². The predicted molar refractivity (Wildman–Crippen MR) is 94.7 cm³/mol. The molecule has 1 N–H and O–H groups in total. The number of hydrogen-bond donors (Lipinski definition) is 1. The van der Waals surface area contributed by atoms with Crippen molar-refractivity contribution in [3.8, 4) is 11.3 Å². The minimum absolute atomic E-state index is 0.367. The summed E-state index contributed by atoms with van der Waals surface area (Å²) >= 11 is 0. The second-order valence-electron chi connectivity index (χ2n) is 6.63. The standard InChI is InChI=1S/C20H17F3N4/c21-20(22,23)16-3-1-2-14(6-16)18-5-4-15(11-27-18)17-7-19(17)26-10-13-8-24-12-25-9-13/h1-6,8-9,11-12,17,19,26H,7,10H2. The van der Waals surface area contributed by atoms with Crippen LogP contribution in [0.2, 0.25) is 0 Å². The summed E-state index contributed by atoms with van der Waals surface area (Å²) in [5.41, 5.74) is 2.46. The van der Waals surface area contributed by atoms with Crippen molar-refractivity contribution in [2.24, 2.45) is 0 Å². The molecule has 27 heavy (non-hydrogen) atoms. The Hall–Kier alpha value is -2.80. The first kappa shape index (κ1) is 17.6. The Bertz CT molecular complexity index is 911. The summed E-state index contributed by atoms with van der Waals surface area (Å²) in [6, 6.07) is 9.34. The van der Waals surface area contributed by atoms with E-state index < -0.39 is 11.7 Å². The predicted octanol–water partition coefficient (Wildman–Crippen LogP) is 4.20.